The summed E-state index contributed by atoms with van der Waals surface area (Å²) in [5.74, 6) is -0.345. The Morgan fingerprint density at radius 3 is 2.63 bits per heavy atom. The number of aromatic amines is 1. The van der Waals surface area contributed by atoms with Crippen LogP contribution in [0.2, 0.25) is 0 Å². The zero-order valence-electron chi connectivity index (χ0n) is 10.6. The SMILES string of the molecule is O=C(OC[C@@H](CCO)c1ccc[nH]1)c1ccccc1. The predicted molar refractivity (Wildman–Crippen MR) is 72.0 cm³/mol. The quantitative estimate of drug-likeness (QED) is 0.783. The van der Waals surface area contributed by atoms with Gasteiger partial charge in [-0.15, -0.1) is 0 Å². The zero-order chi connectivity index (χ0) is 13.5. The third-order valence-corrected chi connectivity index (χ3v) is 2.96. The van der Waals surface area contributed by atoms with Crippen LogP contribution in [0.25, 0.3) is 0 Å². The second kappa shape index (κ2) is 6.75. The smallest absolute Gasteiger partial charge is 0.338 e. The molecule has 0 amide bonds. The Labute approximate surface area is 112 Å². The Bertz CT molecular complexity index is 493. The minimum absolute atomic E-state index is 0.00679. The maximum absolute atomic E-state index is 11.8. The van der Waals surface area contributed by atoms with Crippen molar-refractivity contribution in [3.63, 3.8) is 0 Å². The molecule has 2 N–H and O–H groups in total. The molecule has 0 aliphatic carbocycles. The number of benzene rings is 1. The number of hydrogen-bond donors (Lipinski definition) is 2. The van der Waals surface area contributed by atoms with Crippen LogP contribution < -0.4 is 0 Å². The van der Waals surface area contributed by atoms with E-state index in [-0.39, 0.29) is 25.1 Å². The Morgan fingerprint density at radius 2 is 2.00 bits per heavy atom. The number of nitrogens with one attached hydrogen (secondary N) is 1. The van der Waals surface area contributed by atoms with Crippen LogP contribution in [0, 0.1) is 0 Å². The first-order valence-electron chi connectivity index (χ1n) is 6.27. The van der Waals surface area contributed by atoms with Gasteiger partial charge in [0.15, 0.2) is 0 Å². The molecule has 0 saturated carbocycles. The lowest BCUT2D eigenvalue weighted by Crippen LogP contribution is -2.14. The average molecular weight is 259 g/mol. The van der Waals surface area contributed by atoms with E-state index in [4.69, 9.17) is 9.84 Å². The summed E-state index contributed by atoms with van der Waals surface area (Å²) in [6.07, 6.45) is 2.38. The molecule has 4 heteroatoms. The van der Waals surface area contributed by atoms with Crippen LogP contribution >= 0.6 is 0 Å². The largest absolute Gasteiger partial charge is 0.461 e. The van der Waals surface area contributed by atoms with Crippen molar-refractivity contribution in [2.75, 3.05) is 13.2 Å². The van der Waals surface area contributed by atoms with Gasteiger partial charge in [0.1, 0.15) is 0 Å². The van der Waals surface area contributed by atoms with E-state index in [0.29, 0.717) is 12.0 Å². The standard InChI is InChI=1S/C15H17NO3/c17-10-8-13(14-7-4-9-16-14)11-19-15(18)12-5-2-1-3-6-12/h1-7,9,13,16-17H,8,10-11H2/t13-/m1/s1. The van der Waals surface area contributed by atoms with Gasteiger partial charge in [0, 0.05) is 24.4 Å². The molecule has 0 radical (unpaired) electrons. The summed E-state index contributed by atoms with van der Waals surface area (Å²) in [5.41, 5.74) is 1.51. The highest BCUT2D eigenvalue weighted by atomic mass is 16.5. The maximum atomic E-state index is 11.8. The van der Waals surface area contributed by atoms with Crippen LogP contribution in [0.3, 0.4) is 0 Å². The van der Waals surface area contributed by atoms with Crippen LogP contribution in [0.5, 0.6) is 0 Å². The molecule has 4 nitrogen and oxygen atoms in total. The summed E-state index contributed by atoms with van der Waals surface area (Å²) in [6.45, 7) is 0.321. The highest BCUT2D eigenvalue weighted by Crippen LogP contribution is 2.18. The lowest BCUT2D eigenvalue weighted by molar-refractivity contribution is 0.0465. The minimum Gasteiger partial charge on any atom is -0.461 e. The Balaban J connectivity index is 1.94. The molecule has 0 aliphatic heterocycles. The third kappa shape index (κ3) is 3.69. The summed E-state index contributed by atoms with van der Waals surface area (Å²) in [5, 5.41) is 9.06. The molecule has 2 aromatic rings. The van der Waals surface area contributed by atoms with Gasteiger partial charge in [0.25, 0.3) is 0 Å². The van der Waals surface area contributed by atoms with Gasteiger partial charge in [0.2, 0.25) is 0 Å². The second-order valence-electron chi connectivity index (χ2n) is 4.30. The number of rotatable bonds is 6. The molecule has 0 saturated heterocycles. The zero-order valence-corrected chi connectivity index (χ0v) is 10.6. The fraction of sp³-hybridized carbons (Fsp3) is 0.267. The van der Waals surface area contributed by atoms with E-state index in [2.05, 4.69) is 4.98 Å². The maximum Gasteiger partial charge on any atom is 0.338 e. The van der Waals surface area contributed by atoms with Gasteiger partial charge in [-0.3, -0.25) is 0 Å². The molecular weight excluding hydrogens is 242 g/mol. The number of ether oxygens (including phenoxy) is 1. The van der Waals surface area contributed by atoms with Crippen LogP contribution in [0.15, 0.2) is 48.7 Å². The van der Waals surface area contributed by atoms with Crippen LogP contribution in [-0.4, -0.2) is 29.3 Å². The number of aliphatic hydroxyl groups excluding tert-OH is 1. The van der Waals surface area contributed by atoms with E-state index < -0.39 is 0 Å². The molecule has 0 unspecified atom stereocenters. The summed E-state index contributed by atoms with van der Waals surface area (Å²) < 4.78 is 5.30. The van der Waals surface area contributed by atoms with Crippen molar-refractivity contribution in [3.8, 4) is 0 Å². The number of carbonyl (C=O) groups excluding carboxylic acids is 1. The summed E-state index contributed by atoms with van der Waals surface area (Å²) in [4.78, 5) is 14.9. The van der Waals surface area contributed by atoms with Gasteiger partial charge in [0.05, 0.1) is 12.2 Å². The molecule has 1 heterocycles. The molecule has 0 aliphatic rings. The number of carbonyl (C=O) groups is 1. The van der Waals surface area contributed by atoms with Crippen molar-refractivity contribution < 1.29 is 14.6 Å². The van der Waals surface area contributed by atoms with Crippen LogP contribution in [0.1, 0.15) is 28.4 Å². The van der Waals surface area contributed by atoms with E-state index in [0.717, 1.165) is 5.69 Å². The van der Waals surface area contributed by atoms with Crippen LogP contribution in [-0.2, 0) is 4.74 Å². The van der Waals surface area contributed by atoms with Gasteiger partial charge < -0.3 is 14.8 Å². The predicted octanol–water partition coefficient (Wildman–Crippen LogP) is 2.34. The van der Waals surface area contributed by atoms with Crippen LogP contribution in [0.4, 0.5) is 0 Å². The lowest BCUT2D eigenvalue weighted by atomic mass is 10.0. The topological polar surface area (TPSA) is 62.3 Å². The first kappa shape index (κ1) is 13.4. The van der Waals surface area contributed by atoms with E-state index in [1.54, 1.807) is 24.3 Å². The van der Waals surface area contributed by atoms with Gasteiger partial charge in [-0.2, -0.15) is 0 Å². The van der Waals surface area contributed by atoms with Crippen molar-refractivity contribution in [1.29, 1.82) is 0 Å². The van der Waals surface area contributed by atoms with Crippen molar-refractivity contribution >= 4 is 5.97 Å². The fourth-order valence-corrected chi connectivity index (χ4v) is 1.92. The summed E-state index contributed by atoms with van der Waals surface area (Å²) >= 11 is 0. The second-order valence-corrected chi connectivity index (χ2v) is 4.30. The number of aliphatic hydroxyl groups is 1. The Morgan fingerprint density at radius 1 is 1.21 bits per heavy atom. The molecule has 0 spiro atoms. The highest BCUT2D eigenvalue weighted by Gasteiger charge is 2.15. The molecule has 2 rings (SSSR count). The molecule has 1 aromatic heterocycles. The molecule has 0 fully saturated rings. The third-order valence-electron chi connectivity index (χ3n) is 2.96. The van der Waals surface area contributed by atoms with Crippen molar-refractivity contribution in [3.05, 3.63) is 59.9 Å². The lowest BCUT2D eigenvalue weighted by Gasteiger charge is -2.14. The van der Waals surface area contributed by atoms with E-state index in [1.165, 1.54) is 0 Å². The molecule has 1 aromatic carbocycles. The Kier molecular flexibility index (Phi) is 4.75. The molecule has 19 heavy (non-hydrogen) atoms. The number of esters is 1. The van der Waals surface area contributed by atoms with Gasteiger partial charge in [-0.25, -0.2) is 4.79 Å². The summed E-state index contributed by atoms with van der Waals surface area (Å²) in [7, 11) is 0. The highest BCUT2D eigenvalue weighted by molar-refractivity contribution is 5.89. The summed E-state index contributed by atoms with van der Waals surface area (Å²) in [6, 6.07) is 12.7. The van der Waals surface area contributed by atoms with Gasteiger partial charge >= 0.3 is 5.97 Å². The van der Waals surface area contributed by atoms with Gasteiger partial charge in [-0.1, -0.05) is 18.2 Å². The first-order chi connectivity index (χ1) is 9.31. The molecular formula is C15H17NO3. The molecule has 0 bridgehead atoms. The van der Waals surface area contributed by atoms with Gasteiger partial charge in [-0.05, 0) is 30.7 Å². The van der Waals surface area contributed by atoms with Crippen molar-refractivity contribution in [1.82, 2.24) is 4.98 Å². The number of H-pyrrole nitrogens is 1. The number of hydrogen-bond acceptors (Lipinski definition) is 3. The van der Waals surface area contributed by atoms with Crippen molar-refractivity contribution in [2.24, 2.45) is 0 Å². The number of aromatic nitrogens is 1. The monoisotopic (exact) mass is 259 g/mol. The Hall–Kier alpha value is -2.07. The van der Waals surface area contributed by atoms with E-state index in [1.807, 2.05) is 24.4 Å². The van der Waals surface area contributed by atoms with E-state index >= 15 is 0 Å². The average Bonchev–Trinajstić information content (AvgIpc) is 2.98. The molecule has 1 atom stereocenters. The first-order valence-corrected chi connectivity index (χ1v) is 6.27. The van der Waals surface area contributed by atoms with Crippen molar-refractivity contribution in [2.45, 2.75) is 12.3 Å². The van der Waals surface area contributed by atoms with E-state index in [9.17, 15) is 4.79 Å². The normalized spacial score (nSPS) is 12.1. The fourth-order valence-electron chi connectivity index (χ4n) is 1.92. The minimum atomic E-state index is -0.338. The molecule has 100 valence electrons.